The van der Waals surface area contributed by atoms with E-state index in [1.807, 2.05) is 20.8 Å². The quantitative estimate of drug-likeness (QED) is 0.320. The molecule has 4 N–H and O–H groups in total. The minimum absolute atomic E-state index is 0.0528. The number of cyclic esters (lactones) is 1. The van der Waals surface area contributed by atoms with E-state index >= 15 is 0 Å². The van der Waals surface area contributed by atoms with Crippen molar-refractivity contribution in [3.63, 3.8) is 0 Å². The van der Waals surface area contributed by atoms with Gasteiger partial charge in [-0.05, 0) is 88.2 Å². The summed E-state index contributed by atoms with van der Waals surface area (Å²) in [6.45, 7) is 13.4. The highest BCUT2D eigenvalue weighted by Crippen LogP contribution is 2.70. The van der Waals surface area contributed by atoms with Crippen molar-refractivity contribution in [2.24, 2.45) is 34.0 Å². The number of carbonyl (C=O) groups is 2. The van der Waals surface area contributed by atoms with Gasteiger partial charge < -0.3 is 25.4 Å². The fourth-order valence-corrected chi connectivity index (χ4v) is 11.4. The van der Waals surface area contributed by atoms with Crippen LogP contribution in [-0.4, -0.2) is 70.1 Å². The Kier molecular flexibility index (Phi) is 6.20. The molecule has 2 unspecified atom stereocenters. The summed E-state index contributed by atoms with van der Waals surface area (Å²) in [6, 6.07) is 3.88. The van der Waals surface area contributed by atoms with Gasteiger partial charge in [0.05, 0.1) is 12.7 Å². The number of hydrogen-bond acceptors (Lipinski definition) is 7. The molecule has 6 aliphatic rings. The van der Waals surface area contributed by atoms with Crippen molar-refractivity contribution in [3.8, 4) is 0 Å². The van der Waals surface area contributed by atoms with Crippen LogP contribution in [0.15, 0.2) is 24.3 Å². The first kappa shape index (κ1) is 28.5. The average Bonchev–Trinajstić information content (AvgIpc) is 3.67. The molecule has 5 fully saturated rings. The number of aryl methyl sites for hydroxylation is 2. The number of hydrogen-bond donors (Lipinski definition) is 4. The van der Waals surface area contributed by atoms with Gasteiger partial charge in [0, 0.05) is 28.6 Å². The lowest BCUT2D eigenvalue weighted by molar-refractivity contribution is -0.161. The molecule has 7 rings (SSSR count). The molecule has 2 saturated carbocycles. The summed E-state index contributed by atoms with van der Waals surface area (Å²) in [5.41, 5.74) is 1.59. The molecule has 0 bridgehead atoms. The van der Waals surface area contributed by atoms with Crippen molar-refractivity contribution in [2.45, 2.75) is 96.4 Å². The predicted octanol–water partition coefficient (Wildman–Crippen LogP) is 3.58. The van der Waals surface area contributed by atoms with Crippen LogP contribution in [0.4, 0.5) is 5.69 Å². The molecule has 1 aromatic carbocycles. The van der Waals surface area contributed by atoms with Gasteiger partial charge in [0.1, 0.15) is 23.7 Å². The molecular weight excluding hydrogens is 532 g/mol. The van der Waals surface area contributed by atoms with E-state index in [0.717, 1.165) is 60.1 Å². The standard InChI is InChI=1S/C34H46N2O6/c1-18-13-20(3)28-22(14-18)34(29(40)35-28)24(33(25-7-6-12-36(25)34)27(39)16-42-30(33)41)15-21-19(2)8-9-23-31(21,4)11-10-26(38)32(23,5)17-37/h13-14,21,23-27,37-39H,2,6-12,15-17H2,1,3-5H3,(H,35,40)/t21-,23+,24?,25?,26-,27-,31+,32+,33-,34+/m1/s1. The second kappa shape index (κ2) is 9.13. The van der Waals surface area contributed by atoms with E-state index in [0.29, 0.717) is 19.4 Å². The summed E-state index contributed by atoms with van der Waals surface area (Å²) >= 11 is 0. The van der Waals surface area contributed by atoms with E-state index in [2.05, 4.69) is 35.9 Å². The molecule has 228 valence electrons. The van der Waals surface area contributed by atoms with Crippen LogP contribution in [0.1, 0.15) is 75.5 Å². The number of aliphatic hydroxyl groups is 3. The van der Waals surface area contributed by atoms with E-state index in [1.165, 1.54) is 0 Å². The third-order valence-electron chi connectivity index (χ3n) is 13.3. The molecule has 42 heavy (non-hydrogen) atoms. The summed E-state index contributed by atoms with van der Waals surface area (Å²) in [5.74, 6) is -1.04. The number of aliphatic hydroxyl groups excluding tert-OH is 3. The van der Waals surface area contributed by atoms with Gasteiger partial charge in [-0.15, -0.1) is 0 Å². The van der Waals surface area contributed by atoms with E-state index in [9.17, 15) is 24.9 Å². The maximum Gasteiger partial charge on any atom is 0.316 e. The average molecular weight is 579 g/mol. The van der Waals surface area contributed by atoms with Gasteiger partial charge in [0.15, 0.2) is 0 Å². The monoisotopic (exact) mass is 578 g/mol. The van der Waals surface area contributed by atoms with E-state index < -0.39 is 34.5 Å². The first-order valence-electron chi connectivity index (χ1n) is 15.9. The van der Waals surface area contributed by atoms with Crippen LogP contribution in [0.25, 0.3) is 0 Å². The summed E-state index contributed by atoms with van der Waals surface area (Å²) in [7, 11) is 0. The molecule has 2 aliphatic carbocycles. The van der Waals surface area contributed by atoms with Gasteiger partial charge in [-0.25, -0.2) is 0 Å². The number of nitrogens with one attached hydrogen (secondary N) is 1. The van der Waals surface area contributed by atoms with Crippen LogP contribution < -0.4 is 5.32 Å². The van der Waals surface area contributed by atoms with E-state index in [4.69, 9.17) is 4.74 Å². The number of rotatable bonds is 3. The van der Waals surface area contributed by atoms with Crippen LogP contribution in [0.2, 0.25) is 0 Å². The van der Waals surface area contributed by atoms with Gasteiger partial charge in [-0.1, -0.05) is 43.7 Å². The third kappa shape index (κ3) is 3.17. The van der Waals surface area contributed by atoms with Crippen molar-refractivity contribution in [1.29, 1.82) is 0 Å². The highest BCUT2D eigenvalue weighted by Gasteiger charge is 2.79. The van der Waals surface area contributed by atoms with Crippen molar-refractivity contribution < 1.29 is 29.6 Å². The fraction of sp³-hybridized carbons (Fsp3) is 0.706. The van der Waals surface area contributed by atoms with Gasteiger partial charge >= 0.3 is 5.97 Å². The number of fused-ring (bicyclic) bond motifs is 6. The predicted molar refractivity (Wildman–Crippen MR) is 157 cm³/mol. The number of benzene rings is 1. The van der Waals surface area contributed by atoms with Gasteiger partial charge in [0.2, 0.25) is 5.91 Å². The molecule has 10 atom stereocenters. The summed E-state index contributed by atoms with van der Waals surface area (Å²) in [6.07, 6.45) is 3.41. The number of esters is 1. The molecule has 1 amide bonds. The molecule has 3 saturated heterocycles. The van der Waals surface area contributed by atoms with Gasteiger partial charge in [0.25, 0.3) is 0 Å². The zero-order chi connectivity index (χ0) is 30.0. The first-order chi connectivity index (χ1) is 19.9. The SMILES string of the molecule is C=C1CC[C@@H]2[C@](C)(CO)[C@H](O)CC[C@@]2(C)[C@@H]1CC1[C@@]2(C(=O)OC[C@H]2O)C2CCCN2[C@]12C(=O)Nc1c(C)cc(C)cc12. The number of carbonyl (C=O) groups excluding carboxylic acids is 2. The zero-order valence-electron chi connectivity index (χ0n) is 25.4. The number of allylic oxidation sites excluding steroid dienone is 1. The number of anilines is 1. The van der Waals surface area contributed by atoms with E-state index in [1.54, 1.807) is 0 Å². The van der Waals surface area contributed by atoms with Crippen molar-refractivity contribution >= 4 is 17.6 Å². The Bertz CT molecular complexity index is 1380. The van der Waals surface area contributed by atoms with Crippen LogP contribution in [0.5, 0.6) is 0 Å². The number of nitrogens with zero attached hydrogens (tertiary/aromatic N) is 1. The minimum Gasteiger partial charge on any atom is -0.462 e. The molecule has 4 heterocycles. The number of amides is 1. The topological polar surface area (TPSA) is 119 Å². The van der Waals surface area contributed by atoms with Crippen molar-refractivity contribution in [2.75, 3.05) is 25.1 Å². The molecule has 0 radical (unpaired) electrons. The zero-order valence-corrected chi connectivity index (χ0v) is 25.4. The molecule has 4 aliphatic heterocycles. The molecule has 8 nitrogen and oxygen atoms in total. The second-order valence-corrected chi connectivity index (χ2v) is 14.9. The Morgan fingerprint density at radius 1 is 1.12 bits per heavy atom. The Morgan fingerprint density at radius 2 is 1.88 bits per heavy atom. The van der Waals surface area contributed by atoms with E-state index in [-0.39, 0.29) is 48.4 Å². The normalized spacial score (nSPS) is 46.2. The Labute approximate surface area is 248 Å². The van der Waals surface area contributed by atoms with Gasteiger partial charge in [-0.2, -0.15) is 0 Å². The van der Waals surface area contributed by atoms with Crippen LogP contribution in [-0.2, 0) is 19.9 Å². The van der Waals surface area contributed by atoms with Crippen molar-refractivity contribution in [3.05, 3.63) is 41.0 Å². The third-order valence-corrected chi connectivity index (χ3v) is 13.3. The smallest absolute Gasteiger partial charge is 0.316 e. The minimum atomic E-state index is -1.23. The Morgan fingerprint density at radius 3 is 2.57 bits per heavy atom. The van der Waals surface area contributed by atoms with Crippen molar-refractivity contribution in [1.82, 2.24) is 4.90 Å². The Balaban J connectivity index is 1.45. The molecule has 2 spiro atoms. The fourth-order valence-electron chi connectivity index (χ4n) is 11.4. The maximum atomic E-state index is 14.6. The lowest BCUT2D eigenvalue weighted by Crippen LogP contribution is -2.59. The van der Waals surface area contributed by atoms with Crippen LogP contribution in [0, 0.1) is 47.8 Å². The largest absolute Gasteiger partial charge is 0.462 e. The summed E-state index contributed by atoms with van der Waals surface area (Å²) in [4.78, 5) is 31.0. The van der Waals surface area contributed by atoms with Crippen LogP contribution in [0.3, 0.4) is 0 Å². The maximum absolute atomic E-state index is 14.6. The molecule has 0 aromatic heterocycles. The lowest BCUT2D eigenvalue weighted by atomic mass is 9.44. The summed E-state index contributed by atoms with van der Waals surface area (Å²) in [5, 5.41) is 36.7. The number of ether oxygens (including phenoxy) is 1. The molecule has 1 aromatic rings. The lowest BCUT2D eigenvalue weighted by Gasteiger charge is -2.60. The van der Waals surface area contributed by atoms with Crippen LogP contribution >= 0.6 is 0 Å². The Hall–Kier alpha value is -2.26. The molecule has 8 heteroatoms. The highest BCUT2D eigenvalue weighted by atomic mass is 16.6. The van der Waals surface area contributed by atoms with Gasteiger partial charge in [-0.3, -0.25) is 14.5 Å². The second-order valence-electron chi connectivity index (χ2n) is 14.9. The summed E-state index contributed by atoms with van der Waals surface area (Å²) < 4.78 is 5.69. The first-order valence-corrected chi connectivity index (χ1v) is 15.9. The highest BCUT2D eigenvalue weighted by molar-refractivity contribution is 6.08. The molecular formula is C34H46N2O6.